The van der Waals surface area contributed by atoms with E-state index in [2.05, 4.69) is 9.98 Å². The Morgan fingerprint density at radius 3 is 2.52 bits per heavy atom. The van der Waals surface area contributed by atoms with Gasteiger partial charge in [0.1, 0.15) is 5.76 Å². The lowest BCUT2D eigenvalue weighted by Crippen LogP contribution is -2.41. The Kier molecular flexibility index (Phi) is 3.39. The molecule has 25 heavy (non-hydrogen) atoms. The molecule has 2 aromatic heterocycles. The second kappa shape index (κ2) is 5.59. The van der Waals surface area contributed by atoms with Crippen LogP contribution in [0.4, 0.5) is 0 Å². The summed E-state index contributed by atoms with van der Waals surface area (Å²) < 4.78 is 5.48. The largest absolute Gasteiger partial charge is 0.464 e. The molecule has 1 unspecified atom stereocenters. The molecule has 1 atom stereocenters. The van der Waals surface area contributed by atoms with Gasteiger partial charge >= 0.3 is 0 Å². The van der Waals surface area contributed by atoms with Gasteiger partial charge in [0.15, 0.2) is 11.5 Å². The van der Waals surface area contributed by atoms with Crippen LogP contribution in [0.5, 0.6) is 0 Å². The molecule has 0 saturated heterocycles. The van der Waals surface area contributed by atoms with E-state index in [9.17, 15) is 4.79 Å². The van der Waals surface area contributed by atoms with Gasteiger partial charge in [0.25, 0.3) is 5.91 Å². The van der Waals surface area contributed by atoms with Crippen molar-refractivity contribution in [3.63, 3.8) is 0 Å². The number of benzene rings is 1. The molecule has 0 spiro atoms. The topological polar surface area (TPSA) is 84.7 Å². The Balaban J connectivity index is 1.95. The number of nitrogens with zero attached hydrogens (tertiary/aromatic N) is 3. The number of likely N-dealkylation sites (N-methyl/N-ethyl adjacent to an activating group) is 1. The quantitative estimate of drug-likeness (QED) is 0.798. The van der Waals surface area contributed by atoms with Gasteiger partial charge in [-0.3, -0.25) is 14.7 Å². The Morgan fingerprint density at radius 1 is 1.08 bits per heavy atom. The van der Waals surface area contributed by atoms with Gasteiger partial charge in [-0.2, -0.15) is 0 Å². The van der Waals surface area contributed by atoms with Crippen molar-refractivity contribution >= 4 is 11.9 Å². The molecule has 0 saturated carbocycles. The van der Waals surface area contributed by atoms with Gasteiger partial charge in [-0.25, -0.2) is 4.99 Å². The number of amides is 1. The highest BCUT2D eigenvalue weighted by Gasteiger charge is 2.49. The number of guanidine groups is 1. The maximum absolute atomic E-state index is 13.1. The number of rotatable bonds is 3. The molecule has 4 rings (SSSR count). The maximum Gasteiger partial charge on any atom is 0.266 e. The summed E-state index contributed by atoms with van der Waals surface area (Å²) in [5.41, 5.74) is 7.07. The molecular weight excluding hydrogens is 316 g/mol. The predicted octanol–water partition coefficient (Wildman–Crippen LogP) is 2.37. The minimum absolute atomic E-state index is 0.185. The molecule has 0 bridgehead atoms. The molecule has 3 aromatic rings. The van der Waals surface area contributed by atoms with Gasteiger partial charge in [0.2, 0.25) is 0 Å². The first-order chi connectivity index (χ1) is 12.1. The van der Waals surface area contributed by atoms with Crippen molar-refractivity contribution in [3.05, 3.63) is 78.3 Å². The van der Waals surface area contributed by atoms with Gasteiger partial charge in [0.05, 0.1) is 6.26 Å². The maximum atomic E-state index is 13.1. The van der Waals surface area contributed by atoms with E-state index < -0.39 is 5.54 Å². The minimum Gasteiger partial charge on any atom is -0.464 e. The van der Waals surface area contributed by atoms with Crippen LogP contribution < -0.4 is 5.73 Å². The molecule has 1 amide bonds. The Hall–Kier alpha value is -3.41. The van der Waals surface area contributed by atoms with Crippen LogP contribution in [0.3, 0.4) is 0 Å². The van der Waals surface area contributed by atoms with Crippen LogP contribution in [0.1, 0.15) is 11.1 Å². The van der Waals surface area contributed by atoms with E-state index in [-0.39, 0.29) is 11.9 Å². The number of furan rings is 1. The Labute approximate surface area is 144 Å². The normalized spacial score (nSPS) is 20.0. The van der Waals surface area contributed by atoms with Crippen molar-refractivity contribution in [2.24, 2.45) is 10.7 Å². The summed E-state index contributed by atoms with van der Waals surface area (Å²) in [5, 5.41) is 0. The first-order valence-corrected chi connectivity index (χ1v) is 7.81. The zero-order valence-corrected chi connectivity index (χ0v) is 13.6. The summed E-state index contributed by atoms with van der Waals surface area (Å²) in [4.78, 5) is 23.1. The Morgan fingerprint density at radius 2 is 1.88 bits per heavy atom. The first-order valence-electron chi connectivity index (χ1n) is 7.81. The average Bonchev–Trinajstić information content (AvgIpc) is 3.27. The van der Waals surface area contributed by atoms with Crippen LogP contribution >= 0.6 is 0 Å². The van der Waals surface area contributed by atoms with E-state index in [0.717, 1.165) is 22.5 Å². The number of nitrogens with two attached hydrogens (primary N) is 1. The fourth-order valence-corrected chi connectivity index (χ4v) is 3.12. The lowest BCUT2D eigenvalue weighted by molar-refractivity contribution is -0.129. The van der Waals surface area contributed by atoms with Gasteiger partial charge in [-0.15, -0.1) is 0 Å². The van der Waals surface area contributed by atoms with Crippen molar-refractivity contribution in [3.8, 4) is 11.3 Å². The molecule has 6 nitrogen and oxygen atoms in total. The lowest BCUT2D eigenvalue weighted by atomic mass is 9.82. The SMILES string of the molecule is CN1C(=O)C(c2ccncc2)(c2cccc(-c3ccco3)c2)N=C1N. The van der Waals surface area contributed by atoms with Crippen LogP contribution in [0, 0.1) is 0 Å². The van der Waals surface area contributed by atoms with E-state index >= 15 is 0 Å². The number of pyridine rings is 1. The highest BCUT2D eigenvalue weighted by molar-refractivity contribution is 6.09. The number of carbonyl (C=O) groups is 1. The van der Waals surface area contributed by atoms with Crippen molar-refractivity contribution in [2.45, 2.75) is 5.54 Å². The van der Waals surface area contributed by atoms with Crippen LogP contribution in [0.25, 0.3) is 11.3 Å². The van der Waals surface area contributed by atoms with Gasteiger partial charge in [-0.05, 0) is 41.5 Å². The zero-order chi connectivity index (χ0) is 17.4. The van der Waals surface area contributed by atoms with Crippen molar-refractivity contribution in [1.29, 1.82) is 0 Å². The van der Waals surface area contributed by atoms with Crippen molar-refractivity contribution in [2.75, 3.05) is 7.05 Å². The van der Waals surface area contributed by atoms with E-state index in [1.807, 2.05) is 36.4 Å². The molecule has 0 aliphatic carbocycles. The minimum atomic E-state index is -1.22. The molecule has 1 aromatic carbocycles. The summed E-state index contributed by atoms with van der Waals surface area (Å²) in [6.45, 7) is 0. The van der Waals surface area contributed by atoms with Gasteiger partial charge in [0, 0.05) is 25.0 Å². The molecule has 3 heterocycles. The number of aromatic nitrogens is 1. The molecule has 1 aliphatic heterocycles. The van der Waals surface area contributed by atoms with E-state index in [1.165, 1.54) is 4.90 Å². The molecule has 0 radical (unpaired) electrons. The van der Waals surface area contributed by atoms with Crippen molar-refractivity contribution < 1.29 is 9.21 Å². The van der Waals surface area contributed by atoms with E-state index in [0.29, 0.717) is 0 Å². The predicted molar refractivity (Wildman–Crippen MR) is 93.6 cm³/mol. The molecule has 0 fully saturated rings. The molecule has 124 valence electrons. The monoisotopic (exact) mass is 332 g/mol. The fraction of sp³-hybridized carbons (Fsp3) is 0.105. The summed E-state index contributed by atoms with van der Waals surface area (Å²) in [6.07, 6.45) is 4.90. The summed E-state index contributed by atoms with van der Waals surface area (Å²) in [7, 11) is 1.63. The second-order valence-electron chi connectivity index (χ2n) is 5.84. The number of hydrogen-bond donors (Lipinski definition) is 1. The summed E-state index contributed by atoms with van der Waals surface area (Å²) in [6, 6.07) is 14.9. The first kappa shape index (κ1) is 15.1. The highest BCUT2D eigenvalue weighted by Crippen LogP contribution is 2.40. The molecule has 2 N–H and O–H groups in total. The molecule has 6 heteroatoms. The lowest BCUT2D eigenvalue weighted by Gasteiger charge is -2.26. The van der Waals surface area contributed by atoms with Gasteiger partial charge < -0.3 is 10.2 Å². The number of hydrogen-bond acceptors (Lipinski definition) is 5. The van der Waals surface area contributed by atoms with Crippen LogP contribution in [-0.2, 0) is 10.3 Å². The summed E-state index contributed by atoms with van der Waals surface area (Å²) in [5.74, 6) is 0.709. The standard InChI is InChI=1S/C19H16N4O2/c1-23-17(24)19(22-18(23)20,14-7-9-21-10-8-14)15-5-2-4-13(12-15)16-6-3-11-25-16/h2-12H,1H3,(H2,20,22). The number of carbonyl (C=O) groups excluding carboxylic acids is 1. The summed E-state index contributed by atoms with van der Waals surface area (Å²) >= 11 is 0. The zero-order valence-electron chi connectivity index (χ0n) is 13.6. The van der Waals surface area contributed by atoms with Crippen molar-refractivity contribution in [1.82, 2.24) is 9.88 Å². The van der Waals surface area contributed by atoms with E-state index in [1.54, 1.807) is 37.8 Å². The third-order valence-corrected chi connectivity index (χ3v) is 4.42. The van der Waals surface area contributed by atoms with Crippen LogP contribution in [-0.4, -0.2) is 28.8 Å². The Bertz CT molecular complexity index is 951. The second-order valence-corrected chi connectivity index (χ2v) is 5.84. The average molecular weight is 332 g/mol. The number of aliphatic imine (C=N–C) groups is 1. The molecule has 1 aliphatic rings. The third kappa shape index (κ3) is 2.22. The fourth-order valence-electron chi connectivity index (χ4n) is 3.12. The highest BCUT2D eigenvalue weighted by atomic mass is 16.3. The van der Waals surface area contributed by atoms with Gasteiger partial charge in [-0.1, -0.05) is 18.2 Å². The van der Waals surface area contributed by atoms with E-state index in [4.69, 9.17) is 10.2 Å². The van der Waals surface area contributed by atoms with Crippen LogP contribution in [0.2, 0.25) is 0 Å². The molecular formula is C19H16N4O2. The van der Waals surface area contributed by atoms with Crippen LogP contribution in [0.15, 0.2) is 76.6 Å². The third-order valence-electron chi connectivity index (χ3n) is 4.42. The smallest absolute Gasteiger partial charge is 0.266 e.